The van der Waals surface area contributed by atoms with E-state index in [1.54, 1.807) is 11.1 Å². The van der Waals surface area contributed by atoms with Crippen LogP contribution in [0.4, 0.5) is 9.59 Å². The number of nitrogens with one attached hydrogen (secondary N) is 3. The second-order valence-electron chi connectivity index (χ2n) is 12.6. The smallest absolute Gasteiger partial charge is 0.410 e. The molecule has 2 amide bonds. The third-order valence-corrected chi connectivity index (χ3v) is 6.42. The predicted octanol–water partition coefficient (Wildman–Crippen LogP) is 7.09. The van der Waals surface area contributed by atoms with Crippen LogP contribution in [0.2, 0.25) is 0 Å². The van der Waals surface area contributed by atoms with Gasteiger partial charge in [-0.25, -0.2) is 19.6 Å². The number of fused-ring (bicyclic) bond motifs is 1. The van der Waals surface area contributed by atoms with E-state index in [9.17, 15) is 9.59 Å². The van der Waals surface area contributed by atoms with Gasteiger partial charge in [-0.1, -0.05) is 30.9 Å². The fourth-order valence-electron chi connectivity index (χ4n) is 4.39. The van der Waals surface area contributed by atoms with Crippen molar-refractivity contribution in [3.63, 3.8) is 0 Å². The van der Waals surface area contributed by atoms with Gasteiger partial charge in [-0.15, -0.1) is 0 Å². The highest BCUT2D eigenvalue weighted by Crippen LogP contribution is 2.24. The Labute approximate surface area is 259 Å². The number of ether oxygens (including phenoxy) is 2. The van der Waals surface area contributed by atoms with Crippen molar-refractivity contribution in [1.29, 1.82) is 0 Å². The van der Waals surface area contributed by atoms with Crippen LogP contribution in [0.3, 0.4) is 0 Å². The van der Waals surface area contributed by atoms with Crippen molar-refractivity contribution in [2.24, 2.45) is 0 Å². The number of nitrogens with zero attached hydrogens (tertiary/aromatic N) is 3. The van der Waals surface area contributed by atoms with Gasteiger partial charge in [0.25, 0.3) is 0 Å². The number of carbonyl (C=O) groups is 2. The number of amides is 2. The summed E-state index contributed by atoms with van der Waals surface area (Å²) in [6.07, 6.45) is 1.76. The number of aromatic nitrogens is 4. The van der Waals surface area contributed by atoms with Crippen molar-refractivity contribution in [2.45, 2.75) is 85.6 Å². The summed E-state index contributed by atoms with van der Waals surface area (Å²) < 4.78 is 10.9. The summed E-state index contributed by atoms with van der Waals surface area (Å²) in [6.45, 7) is 15.8. The Balaban J connectivity index is 1.42. The van der Waals surface area contributed by atoms with E-state index in [1.807, 2.05) is 97.9 Å². The highest BCUT2D eigenvalue weighted by molar-refractivity contribution is 5.77. The molecule has 0 aliphatic carbocycles. The van der Waals surface area contributed by atoms with Crippen molar-refractivity contribution < 1.29 is 19.1 Å². The Bertz CT molecular complexity index is 1660. The molecular formula is C34H42N6O4. The van der Waals surface area contributed by atoms with Gasteiger partial charge in [-0.2, -0.15) is 0 Å². The largest absolute Gasteiger partial charge is 0.444 e. The molecular weight excluding hydrogens is 556 g/mol. The van der Waals surface area contributed by atoms with Crippen molar-refractivity contribution in [3.05, 3.63) is 71.4 Å². The monoisotopic (exact) mass is 598 g/mol. The summed E-state index contributed by atoms with van der Waals surface area (Å²) in [5, 5.41) is 2.70. The lowest BCUT2D eigenvalue weighted by molar-refractivity contribution is 0.0166. The first-order chi connectivity index (χ1) is 20.7. The van der Waals surface area contributed by atoms with E-state index < -0.39 is 17.3 Å². The van der Waals surface area contributed by atoms with Crippen LogP contribution in [0.1, 0.15) is 90.6 Å². The maximum Gasteiger partial charge on any atom is 0.410 e. The standard InChI is InChI=1S/C34H42N6O4/c1-9-18-40(32(42)44-34(6,7)8)22(2)30-38-26-17-14-24(19-27(26)39-30)11-10-23-12-15-25(16-13-23)28-20-35-29(37-28)21-36-31(41)43-33(3,4)5/h12-17,19-20,22H,9,18,21H2,1-8H3,(H,35,37)(H,36,41)(H,38,39). The zero-order valence-electron chi connectivity index (χ0n) is 26.8. The third-order valence-electron chi connectivity index (χ3n) is 6.42. The molecule has 2 aromatic carbocycles. The Morgan fingerprint density at radius 1 is 0.955 bits per heavy atom. The third kappa shape index (κ3) is 8.86. The van der Waals surface area contributed by atoms with E-state index >= 15 is 0 Å². The van der Waals surface area contributed by atoms with Gasteiger partial charge in [-0.3, -0.25) is 4.90 Å². The number of imidazole rings is 2. The maximum atomic E-state index is 12.9. The number of benzene rings is 2. The zero-order valence-corrected chi connectivity index (χ0v) is 26.8. The lowest BCUT2D eigenvalue weighted by Crippen LogP contribution is -2.39. The molecule has 1 unspecified atom stereocenters. The molecule has 0 aliphatic rings. The van der Waals surface area contributed by atoms with Crippen LogP contribution in [0.15, 0.2) is 48.7 Å². The molecule has 0 spiro atoms. The maximum absolute atomic E-state index is 12.9. The number of hydrogen-bond acceptors (Lipinski definition) is 6. The van der Waals surface area contributed by atoms with Crippen molar-refractivity contribution >= 4 is 23.2 Å². The van der Waals surface area contributed by atoms with Crippen LogP contribution < -0.4 is 5.32 Å². The highest BCUT2D eigenvalue weighted by atomic mass is 16.6. The van der Waals surface area contributed by atoms with Crippen molar-refractivity contribution in [1.82, 2.24) is 30.2 Å². The topological polar surface area (TPSA) is 125 Å². The van der Waals surface area contributed by atoms with E-state index in [2.05, 4.69) is 32.1 Å². The Hall–Kier alpha value is -4.78. The lowest BCUT2D eigenvalue weighted by Gasteiger charge is -2.30. The summed E-state index contributed by atoms with van der Waals surface area (Å²) in [6, 6.07) is 13.4. The molecule has 0 saturated carbocycles. The highest BCUT2D eigenvalue weighted by Gasteiger charge is 2.28. The minimum atomic E-state index is -0.574. The fraction of sp³-hybridized carbons (Fsp3) is 0.412. The number of hydrogen-bond donors (Lipinski definition) is 3. The molecule has 2 aromatic heterocycles. The Morgan fingerprint density at radius 2 is 1.61 bits per heavy atom. The summed E-state index contributed by atoms with van der Waals surface area (Å²) in [7, 11) is 0. The van der Waals surface area contributed by atoms with Crippen LogP contribution in [0.5, 0.6) is 0 Å². The molecule has 10 nitrogen and oxygen atoms in total. The van der Waals surface area contributed by atoms with E-state index in [1.165, 1.54) is 0 Å². The average Bonchev–Trinajstić information content (AvgIpc) is 3.59. The summed E-state index contributed by atoms with van der Waals surface area (Å²) in [5.41, 5.74) is 3.92. The second kappa shape index (κ2) is 13.2. The molecule has 0 fully saturated rings. The molecule has 0 bridgehead atoms. The van der Waals surface area contributed by atoms with Gasteiger partial charge < -0.3 is 24.8 Å². The van der Waals surface area contributed by atoms with Gasteiger partial charge in [-0.05, 0) is 85.2 Å². The summed E-state index contributed by atoms with van der Waals surface area (Å²) in [5.74, 6) is 7.76. The van der Waals surface area contributed by atoms with Crippen LogP contribution >= 0.6 is 0 Å². The SMILES string of the molecule is CCCN(C(=O)OC(C)(C)C)C(C)c1nc2cc(C#Cc3ccc(-c4c[nH]c(CNC(=O)OC(C)(C)C)n4)cc3)ccc2[nH]1. The first-order valence-electron chi connectivity index (χ1n) is 14.8. The number of carbonyl (C=O) groups excluding carboxylic acids is 2. The number of rotatable bonds is 7. The van der Waals surface area contributed by atoms with Crippen LogP contribution in [-0.4, -0.2) is 54.8 Å². The van der Waals surface area contributed by atoms with Gasteiger partial charge in [0.1, 0.15) is 22.9 Å². The van der Waals surface area contributed by atoms with E-state index in [4.69, 9.17) is 14.5 Å². The molecule has 0 radical (unpaired) electrons. The van der Waals surface area contributed by atoms with Crippen molar-refractivity contribution in [2.75, 3.05) is 6.54 Å². The first-order valence-corrected chi connectivity index (χ1v) is 14.8. The molecule has 1 atom stereocenters. The molecule has 0 aliphatic heterocycles. The fourth-order valence-corrected chi connectivity index (χ4v) is 4.39. The van der Waals surface area contributed by atoms with Gasteiger partial charge in [0, 0.05) is 29.4 Å². The Kier molecular flexibility index (Phi) is 9.68. The van der Waals surface area contributed by atoms with E-state index in [0.717, 1.165) is 39.8 Å². The summed E-state index contributed by atoms with van der Waals surface area (Å²) >= 11 is 0. The molecule has 4 aromatic rings. The number of aromatic amines is 2. The quantitative estimate of drug-likeness (QED) is 0.195. The number of H-pyrrole nitrogens is 2. The van der Waals surface area contributed by atoms with Gasteiger partial charge in [0.15, 0.2) is 0 Å². The molecule has 2 heterocycles. The Morgan fingerprint density at radius 3 is 2.27 bits per heavy atom. The van der Waals surface area contributed by atoms with Crippen molar-refractivity contribution in [3.8, 4) is 23.1 Å². The van der Waals surface area contributed by atoms with Gasteiger partial charge in [0.2, 0.25) is 0 Å². The molecule has 4 rings (SSSR count). The lowest BCUT2D eigenvalue weighted by atomic mass is 10.1. The molecule has 232 valence electrons. The number of alkyl carbamates (subject to hydrolysis) is 1. The summed E-state index contributed by atoms with van der Waals surface area (Å²) in [4.78, 5) is 42.3. The predicted molar refractivity (Wildman–Crippen MR) is 171 cm³/mol. The first kappa shape index (κ1) is 32.1. The van der Waals surface area contributed by atoms with Crippen LogP contribution in [0, 0.1) is 11.8 Å². The molecule has 44 heavy (non-hydrogen) atoms. The normalized spacial score (nSPS) is 12.3. The van der Waals surface area contributed by atoms with E-state index in [-0.39, 0.29) is 18.7 Å². The zero-order chi connectivity index (χ0) is 32.1. The van der Waals surface area contributed by atoms with Crippen LogP contribution in [0.25, 0.3) is 22.3 Å². The molecule has 0 saturated heterocycles. The van der Waals surface area contributed by atoms with E-state index in [0.29, 0.717) is 18.2 Å². The second-order valence-corrected chi connectivity index (χ2v) is 12.6. The minimum absolute atomic E-state index is 0.236. The molecule has 10 heteroatoms. The van der Waals surface area contributed by atoms with Crippen LogP contribution in [-0.2, 0) is 16.0 Å². The average molecular weight is 599 g/mol. The van der Waals surface area contributed by atoms with Gasteiger partial charge in [0.05, 0.1) is 29.3 Å². The minimum Gasteiger partial charge on any atom is -0.444 e. The molecule has 3 N–H and O–H groups in total. The van der Waals surface area contributed by atoms with Gasteiger partial charge >= 0.3 is 12.2 Å².